The zero-order valence-corrected chi connectivity index (χ0v) is 15.0. The summed E-state index contributed by atoms with van der Waals surface area (Å²) in [6.45, 7) is 2.41. The van der Waals surface area contributed by atoms with E-state index in [1.165, 1.54) is 69.4 Å². The number of para-hydroxylation sites is 2. The van der Waals surface area contributed by atoms with Crippen molar-refractivity contribution in [2.45, 2.75) is 57.0 Å². The Morgan fingerprint density at radius 1 is 0.600 bits per heavy atom. The molecule has 5 rings (SSSR count). The van der Waals surface area contributed by atoms with Crippen molar-refractivity contribution in [3.63, 3.8) is 0 Å². The van der Waals surface area contributed by atoms with Crippen LogP contribution in [0.25, 0.3) is 0 Å². The molecule has 25 heavy (non-hydrogen) atoms. The molecule has 2 aromatic rings. The summed E-state index contributed by atoms with van der Waals surface area (Å²) in [6.07, 6.45) is 9.30. The summed E-state index contributed by atoms with van der Waals surface area (Å²) in [5.41, 5.74) is 6.11. The first-order valence-corrected chi connectivity index (χ1v) is 10.1. The van der Waals surface area contributed by atoms with Crippen molar-refractivity contribution in [2.24, 2.45) is 0 Å². The summed E-state index contributed by atoms with van der Waals surface area (Å²) in [7, 11) is 0. The molecule has 0 amide bonds. The Bertz CT molecular complexity index is 690. The van der Waals surface area contributed by atoms with Gasteiger partial charge in [-0.3, -0.25) is 0 Å². The zero-order valence-electron chi connectivity index (χ0n) is 15.0. The normalized spacial score (nSPS) is 25.6. The quantitative estimate of drug-likeness (QED) is 0.728. The van der Waals surface area contributed by atoms with Crippen LogP contribution in [0.2, 0.25) is 0 Å². The molecule has 2 aromatic carbocycles. The summed E-state index contributed by atoms with van der Waals surface area (Å²) in [5, 5.41) is 0. The molecule has 2 aliphatic heterocycles. The van der Waals surface area contributed by atoms with E-state index in [1.54, 1.807) is 11.1 Å². The van der Waals surface area contributed by atoms with Crippen molar-refractivity contribution < 1.29 is 0 Å². The Hall–Kier alpha value is -1.96. The molecule has 2 atom stereocenters. The van der Waals surface area contributed by atoms with E-state index in [2.05, 4.69) is 58.3 Å². The third kappa shape index (κ3) is 2.63. The lowest BCUT2D eigenvalue weighted by Gasteiger charge is -2.41. The average Bonchev–Trinajstić information content (AvgIpc) is 3.20. The molecule has 2 unspecified atom stereocenters. The Kier molecular flexibility index (Phi) is 3.92. The lowest BCUT2D eigenvalue weighted by molar-refractivity contribution is 0.444. The van der Waals surface area contributed by atoms with Crippen LogP contribution in [0.3, 0.4) is 0 Å². The van der Waals surface area contributed by atoms with Gasteiger partial charge in [0.25, 0.3) is 0 Å². The van der Waals surface area contributed by atoms with Gasteiger partial charge in [-0.2, -0.15) is 0 Å². The Morgan fingerprint density at radius 2 is 1.08 bits per heavy atom. The van der Waals surface area contributed by atoms with E-state index in [4.69, 9.17) is 0 Å². The number of benzene rings is 2. The molecule has 1 fully saturated rings. The minimum absolute atomic E-state index is 0.664. The Labute approximate surface area is 151 Å². The van der Waals surface area contributed by atoms with E-state index >= 15 is 0 Å². The van der Waals surface area contributed by atoms with Crippen LogP contribution in [-0.4, -0.2) is 25.2 Å². The van der Waals surface area contributed by atoms with Crippen molar-refractivity contribution >= 4 is 11.4 Å². The predicted octanol–water partition coefficient (Wildman–Crippen LogP) is 4.81. The third-order valence-electron chi connectivity index (χ3n) is 6.59. The first-order chi connectivity index (χ1) is 12.4. The Morgan fingerprint density at radius 3 is 1.60 bits per heavy atom. The van der Waals surface area contributed by atoms with Crippen LogP contribution in [0.15, 0.2) is 48.5 Å². The lowest BCUT2D eigenvalue weighted by Crippen LogP contribution is -2.51. The van der Waals surface area contributed by atoms with Gasteiger partial charge in [-0.15, -0.1) is 0 Å². The molecule has 0 radical (unpaired) electrons. The van der Waals surface area contributed by atoms with Crippen LogP contribution in [0.5, 0.6) is 0 Å². The topological polar surface area (TPSA) is 6.48 Å². The maximum absolute atomic E-state index is 2.76. The van der Waals surface area contributed by atoms with Crippen molar-refractivity contribution in [3.05, 3.63) is 59.7 Å². The molecule has 0 bridgehead atoms. The van der Waals surface area contributed by atoms with Gasteiger partial charge >= 0.3 is 0 Å². The molecule has 0 aromatic heterocycles. The third-order valence-corrected chi connectivity index (χ3v) is 6.59. The van der Waals surface area contributed by atoms with Gasteiger partial charge < -0.3 is 9.80 Å². The van der Waals surface area contributed by atoms with Crippen LogP contribution < -0.4 is 9.80 Å². The molecule has 0 spiro atoms. The highest BCUT2D eigenvalue weighted by atomic mass is 15.3. The van der Waals surface area contributed by atoms with E-state index in [0.717, 1.165) is 0 Å². The average molecular weight is 332 g/mol. The van der Waals surface area contributed by atoms with Crippen LogP contribution in [0, 0.1) is 0 Å². The first kappa shape index (κ1) is 15.3. The van der Waals surface area contributed by atoms with Crippen LogP contribution >= 0.6 is 0 Å². The number of fused-ring (bicyclic) bond motifs is 2. The van der Waals surface area contributed by atoms with Gasteiger partial charge in [-0.25, -0.2) is 0 Å². The molecule has 0 saturated heterocycles. The van der Waals surface area contributed by atoms with Gasteiger partial charge in [0.15, 0.2) is 0 Å². The molecular formula is C23H28N2. The van der Waals surface area contributed by atoms with Crippen molar-refractivity contribution in [3.8, 4) is 0 Å². The number of hydrogen-bond acceptors (Lipinski definition) is 2. The Balaban J connectivity index is 1.49. The van der Waals surface area contributed by atoms with E-state index < -0.39 is 0 Å². The number of anilines is 2. The standard InChI is InChI=1S/C23H28N2/c1-2-12-22(24-16-14-18-8-4-6-10-20(18)24)23(13-3-1)25-17-15-19-9-5-7-11-21(19)25/h4-11,22-23H,1-3,12-17H2. The predicted molar refractivity (Wildman–Crippen MR) is 106 cm³/mol. The summed E-state index contributed by atoms with van der Waals surface area (Å²) in [4.78, 5) is 5.51. The van der Waals surface area contributed by atoms with Gasteiger partial charge in [0.2, 0.25) is 0 Å². The van der Waals surface area contributed by atoms with E-state index in [9.17, 15) is 0 Å². The van der Waals surface area contributed by atoms with Gasteiger partial charge in [-0.1, -0.05) is 55.7 Å². The smallest absolute Gasteiger partial charge is 0.0493 e. The molecule has 2 heterocycles. The largest absolute Gasteiger partial charge is 0.366 e. The van der Waals surface area contributed by atoms with Gasteiger partial charge in [0.1, 0.15) is 0 Å². The molecule has 0 N–H and O–H groups in total. The molecular weight excluding hydrogens is 304 g/mol. The first-order valence-electron chi connectivity index (χ1n) is 10.1. The highest BCUT2D eigenvalue weighted by Crippen LogP contribution is 2.39. The van der Waals surface area contributed by atoms with Crippen LogP contribution in [-0.2, 0) is 12.8 Å². The van der Waals surface area contributed by atoms with E-state index in [0.29, 0.717) is 12.1 Å². The van der Waals surface area contributed by atoms with E-state index in [-0.39, 0.29) is 0 Å². The minimum atomic E-state index is 0.664. The van der Waals surface area contributed by atoms with E-state index in [1.807, 2.05) is 0 Å². The lowest BCUT2D eigenvalue weighted by atomic mass is 9.99. The minimum Gasteiger partial charge on any atom is -0.366 e. The van der Waals surface area contributed by atoms with Gasteiger partial charge in [0, 0.05) is 36.5 Å². The molecule has 3 aliphatic rings. The molecule has 2 nitrogen and oxygen atoms in total. The second-order valence-corrected chi connectivity index (χ2v) is 7.92. The maximum Gasteiger partial charge on any atom is 0.0493 e. The maximum atomic E-state index is 2.76. The highest BCUT2D eigenvalue weighted by molar-refractivity contribution is 5.62. The van der Waals surface area contributed by atoms with Crippen LogP contribution in [0.4, 0.5) is 11.4 Å². The second kappa shape index (κ2) is 6.40. The molecule has 130 valence electrons. The highest BCUT2D eigenvalue weighted by Gasteiger charge is 2.37. The van der Waals surface area contributed by atoms with Crippen LogP contribution in [0.1, 0.15) is 43.2 Å². The SMILES string of the molecule is c1ccc2c(c1)CCN2C1CCCCCC1N1CCc2ccccc21. The summed E-state index contributed by atoms with van der Waals surface area (Å²) < 4.78 is 0. The summed E-state index contributed by atoms with van der Waals surface area (Å²) in [6, 6.07) is 19.5. The number of nitrogens with zero attached hydrogens (tertiary/aromatic N) is 2. The second-order valence-electron chi connectivity index (χ2n) is 7.92. The fourth-order valence-corrected chi connectivity index (χ4v) is 5.41. The number of hydrogen-bond donors (Lipinski definition) is 0. The summed E-state index contributed by atoms with van der Waals surface area (Å²) >= 11 is 0. The fraction of sp³-hybridized carbons (Fsp3) is 0.478. The summed E-state index contributed by atoms with van der Waals surface area (Å²) in [5.74, 6) is 0. The van der Waals surface area contributed by atoms with Crippen molar-refractivity contribution in [1.82, 2.24) is 0 Å². The molecule has 1 saturated carbocycles. The monoisotopic (exact) mass is 332 g/mol. The number of rotatable bonds is 2. The van der Waals surface area contributed by atoms with Crippen molar-refractivity contribution in [2.75, 3.05) is 22.9 Å². The van der Waals surface area contributed by atoms with Gasteiger partial charge in [0.05, 0.1) is 0 Å². The van der Waals surface area contributed by atoms with Gasteiger partial charge in [-0.05, 0) is 48.9 Å². The molecule has 2 heteroatoms. The fourth-order valence-electron chi connectivity index (χ4n) is 5.41. The van der Waals surface area contributed by atoms with Crippen molar-refractivity contribution in [1.29, 1.82) is 0 Å². The zero-order chi connectivity index (χ0) is 16.6. The molecule has 1 aliphatic carbocycles.